The lowest BCUT2D eigenvalue weighted by molar-refractivity contribution is 0.381. The van der Waals surface area contributed by atoms with Gasteiger partial charge in [0.25, 0.3) is 0 Å². The van der Waals surface area contributed by atoms with E-state index in [4.69, 9.17) is 15.2 Å². The third-order valence-electron chi connectivity index (χ3n) is 3.34. The molecular weight excluding hydrogens is 312 g/mol. The van der Waals surface area contributed by atoms with Gasteiger partial charge in [-0.15, -0.1) is 0 Å². The molecule has 1 heterocycles. The molecule has 0 radical (unpaired) electrons. The molecule has 2 N–H and O–H groups in total. The Morgan fingerprint density at radius 1 is 1.29 bits per heavy atom. The zero-order valence-electron chi connectivity index (χ0n) is 12.3. The lowest BCUT2D eigenvalue weighted by atomic mass is 10.3. The maximum absolute atomic E-state index is 12.8. The minimum absolute atomic E-state index is 0.0856. The highest BCUT2D eigenvalue weighted by molar-refractivity contribution is 8.00. The number of benzene rings is 1. The molecular formula is C13H20N2O4S2. The largest absolute Gasteiger partial charge is 0.495 e. The number of nitrogens with two attached hydrogens (primary N) is 1. The Kier molecular flexibility index (Phi) is 4.90. The van der Waals surface area contributed by atoms with Gasteiger partial charge in [-0.3, -0.25) is 0 Å². The molecule has 1 fully saturated rings. The normalized spacial score (nSPS) is 20.2. The van der Waals surface area contributed by atoms with E-state index in [9.17, 15) is 8.42 Å². The number of thioether (sulfide) groups is 1. The van der Waals surface area contributed by atoms with Crippen LogP contribution in [0.2, 0.25) is 0 Å². The Hall–Kier alpha value is -1.12. The highest BCUT2D eigenvalue weighted by Gasteiger charge is 2.32. The van der Waals surface area contributed by atoms with Crippen LogP contribution in [0.25, 0.3) is 0 Å². The lowest BCUT2D eigenvalue weighted by Gasteiger charge is -2.30. The quantitative estimate of drug-likeness (QED) is 0.840. The van der Waals surface area contributed by atoms with Crippen molar-refractivity contribution >= 4 is 27.5 Å². The average Bonchev–Trinajstić information content (AvgIpc) is 2.47. The predicted molar refractivity (Wildman–Crippen MR) is 84.6 cm³/mol. The van der Waals surface area contributed by atoms with Crippen molar-refractivity contribution in [3.05, 3.63) is 12.1 Å². The van der Waals surface area contributed by atoms with E-state index in [2.05, 4.69) is 0 Å². The summed E-state index contributed by atoms with van der Waals surface area (Å²) in [5.74, 6) is 1.43. The summed E-state index contributed by atoms with van der Waals surface area (Å²) in [5.41, 5.74) is 6.12. The van der Waals surface area contributed by atoms with Crippen LogP contribution in [-0.4, -0.2) is 51.0 Å². The average molecular weight is 332 g/mol. The van der Waals surface area contributed by atoms with Gasteiger partial charge in [-0.1, -0.05) is 6.92 Å². The summed E-state index contributed by atoms with van der Waals surface area (Å²) in [6.45, 7) is 3.00. The van der Waals surface area contributed by atoms with E-state index < -0.39 is 10.0 Å². The zero-order valence-corrected chi connectivity index (χ0v) is 14.0. The van der Waals surface area contributed by atoms with Gasteiger partial charge in [0.1, 0.15) is 16.4 Å². The molecule has 21 heavy (non-hydrogen) atoms. The Balaban J connectivity index is 2.46. The van der Waals surface area contributed by atoms with Crippen LogP contribution in [0.3, 0.4) is 0 Å². The van der Waals surface area contributed by atoms with Crippen LogP contribution in [0.4, 0.5) is 5.69 Å². The van der Waals surface area contributed by atoms with Gasteiger partial charge in [-0.05, 0) is 6.07 Å². The Morgan fingerprint density at radius 2 is 1.95 bits per heavy atom. The second-order valence-corrected chi connectivity index (χ2v) is 8.24. The second-order valence-electron chi connectivity index (χ2n) is 4.79. The molecule has 0 spiro atoms. The first-order valence-corrected chi connectivity index (χ1v) is 9.02. The number of nitrogens with zero attached hydrogens (tertiary/aromatic N) is 1. The van der Waals surface area contributed by atoms with Gasteiger partial charge in [-0.25, -0.2) is 8.42 Å². The van der Waals surface area contributed by atoms with Crippen LogP contribution >= 0.6 is 11.8 Å². The molecule has 0 aliphatic carbocycles. The smallest absolute Gasteiger partial charge is 0.246 e. The van der Waals surface area contributed by atoms with Crippen molar-refractivity contribution < 1.29 is 17.9 Å². The van der Waals surface area contributed by atoms with E-state index in [0.717, 1.165) is 5.75 Å². The number of methoxy groups -OCH3 is 2. The minimum Gasteiger partial charge on any atom is -0.495 e. The first kappa shape index (κ1) is 16.3. The molecule has 1 aliphatic rings. The molecule has 1 atom stereocenters. The van der Waals surface area contributed by atoms with Gasteiger partial charge < -0.3 is 15.2 Å². The van der Waals surface area contributed by atoms with Crippen molar-refractivity contribution in [3.63, 3.8) is 0 Å². The highest BCUT2D eigenvalue weighted by Crippen LogP contribution is 2.36. The molecule has 1 aromatic rings. The fourth-order valence-electron chi connectivity index (χ4n) is 2.24. The topological polar surface area (TPSA) is 81.9 Å². The third-order valence-corrected chi connectivity index (χ3v) is 6.36. The highest BCUT2D eigenvalue weighted by atomic mass is 32.2. The molecule has 0 bridgehead atoms. The molecule has 0 aromatic heterocycles. The Labute approximate surface area is 129 Å². The van der Waals surface area contributed by atoms with Crippen LogP contribution in [0.5, 0.6) is 11.5 Å². The van der Waals surface area contributed by atoms with E-state index in [1.807, 2.05) is 6.92 Å². The van der Waals surface area contributed by atoms with E-state index >= 15 is 0 Å². The molecule has 1 saturated heterocycles. The summed E-state index contributed by atoms with van der Waals surface area (Å²) in [6.07, 6.45) is 0. The number of ether oxygens (including phenoxy) is 2. The van der Waals surface area contributed by atoms with Crippen molar-refractivity contribution in [3.8, 4) is 11.5 Å². The lowest BCUT2D eigenvalue weighted by Crippen LogP contribution is -2.41. The molecule has 2 rings (SSSR count). The van der Waals surface area contributed by atoms with E-state index in [1.54, 1.807) is 11.8 Å². The molecule has 1 unspecified atom stereocenters. The van der Waals surface area contributed by atoms with Crippen LogP contribution < -0.4 is 15.2 Å². The van der Waals surface area contributed by atoms with E-state index in [0.29, 0.717) is 18.8 Å². The summed E-state index contributed by atoms with van der Waals surface area (Å²) in [7, 11) is -0.721. The molecule has 0 amide bonds. The number of nitrogen functional groups attached to an aromatic ring is 1. The maximum Gasteiger partial charge on any atom is 0.246 e. The van der Waals surface area contributed by atoms with E-state index in [-0.39, 0.29) is 21.6 Å². The fourth-order valence-corrected chi connectivity index (χ4v) is 5.16. The van der Waals surface area contributed by atoms with Crippen molar-refractivity contribution in [2.45, 2.75) is 17.1 Å². The van der Waals surface area contributed by atoms with Gasteiger partial charge in [0.15, 0.2) is 0 Å². The van der Waals surface area contributed by atoms with Crippen molar-refractivity contribution in [1.82, 2.24) is 4.31 Å². The number of anilines is 1. The number of hydrogen-bond donors (Lipinski definition) is 1. The SMILES string of the molecule is COc1cc(OC)c(S(=O)(=O)N2CCSC(C)C2)cc1N. The van der Waals surface area contributed by atoms with Crippen molar-refractivity contribution in [2.24, 2.45) is 0 Å². The number of hydrogen-bond acceptors (Lipinski definition) is 6. The van der Waals surface area contributed by atoms with Crippen molar-refractivity contribution in [1.29, 1.82) is 0 Å². The van der Waals surface area contributed by atoms with Gasteiger partial charge in [0.2, 0.25) is 10.0 Å². The van der Waals surface area contributed by atoms with Crippen LogP contribution in [0.1, 0.15) is 6.92 Å². The van der Waals surface area contributed by atoms with Gasteiger partial charge in [-0.2, -0.15) is 16.1 Å². The monoisotopic (exact) mass is 332 g/mol. The summed E-state index contributed by atoms with van der Waals surface area (Å²) >= 11 is 1.77. The van der Waals surface area contributed by atoms with Gasteiger partial charge in [0, 0.05) is 30.2 Å². The molecule has 1 aromatic carbocycles. The summed E-state index contributed by atoms with van der Waals surface area (Å²) < 4.78 is 37.4. The molecule has 0 saturated carbocycles. The number of rotatable bonds is 4. The predicted octanol–water partition coefficient (Wildman–Crippen LogP) is 1.41. The zero-order chi connectivity index (χ0) is 15.6. The summed E-state index contributed by atoms with van der Waals surface area (Å²) in [4.78, 5) is 0.0856. The first-order chi connectivity index (χ1) is 9.90. The second kappa shape index (κ2) is 6.33. The minimum atomic E-state index is -3.63. The summed E-state index contributed by atoms with van der Waals surface area (Å²) in [6, 6.07) is 2.91. The standard InChI is InChI=1S/C13H20N2O4S2/c1-9-8-15(4-5-20-9)21(16,17)13-6-10(14)11(18-2)7-12(13)19-3/h6-7,9H,4-5,8,14H2,1-3H3. The Bertz CT molecular complexity index is 619. The maximum atomic E-state index is 12.8. The van der Waals surface area contributed by atoms with E-state index in [1.165, 1.54) is 30.7 Å². The first-order valence-electron chi connectivity index (χ1n) is 6.53. The van der Waals surface area contributed by atoms with Crippen LogP contribution in [0.15, 0.2) is 17.0 Å². The molecule has 8 heteroatoms. The third kappa shape index (κ3) is 3.22. The summed E-state index contributed by atoms with van der Waals surface area (Å²) in [5, 5.41) is 0.273. The Morgan fingerprint density at radius 3 is 2.52 bits per heavy atom. The molecule has 1 aliphatic heterocycles. The van der Waals surface area contributed by atoms with Crippen molar-refractivity contribution in [2.75, 3.05) is 38.8 Å². The van der Waals surface area contributed by atoms with Gasteiger partial charge >= 0.3 is 0 Å². The van der Waals surface area contributed by atoms with Gasteiger partial charge in [0.05, 0.1) is 19.9 Å². The fraction of sp³-hybridized carbons (Fsp3) is 0.538. The van der Waals surface area contributed by atoms with Crippen LogP contribution in [0, 0.1) is 0 Å². The van der Waals surface area contributed by atoms with Crippen LogP contribution in [-0.2, 0) is 10.0 Å². The molecule has 6 nitrogen and oxygen atoms in total. The number of sulfonamides is 1. The molecule has 118 valence electrons.